The van der Waals surface area contributed by atoms with E-state index in [1.54, 1.807) is 0 Å². The van der Waals surface area contributed by atoms with E-state index >= 15 is 0 Å². The third-order valence-corrected chi connectivity index (χ3v) is 6.52. The van der Waals surface area contributed by atoms with Gasteiger partial charge in [0, 0.05) is 42.5 Å². The maximum atomic E-state index is 6.21. The van der Waals surface area contributed by atoms with Gasteiger partial charge in [-0.25, -0.2) is 0 Å². The average Bonchev–Trinajstić information content (AvgIpc) is 3.32. The fourth-order valence-corrected chi connectivity index (χ4v) is 4.61. The minimum atomic E-state index is -0.0829. The Kier molecular flexibility index (Phi) is 6.16. The molecule has 1 aliphatic heterocycles. The highest BCUT2D eigenvalue weighted by Gasteiger charge is 2.31. The third-order valence-electron chi connectivity index (χ3n) is 6.27. The molecule has 0 aliphatic carbocycles. The smallest absolute Gasteiger partial charge is 0.247 e. The van der Waals surface area contributed by atoms with Gasteiger partial charge in [-0.2, -0.15) is 0 Å². The van der Waals surface area contributed by atoms with Gasteiger partial charge in [0.2, 0.25) is 11.8 Å². The molecular formula is C27H27ClN4O. The van der Waals surface area contributed by atoms with E-state index in [0.717, 1.165) is 37.3 Å². The van der Waals surface area contributed by atoms with Crippen molar-refractivity contribution in [2.45, 2.75) is 19.9 Å². The molecule has 0 bridgehead atoms. The zero-order chi connectivity index (χ0) is 22.8. The summed E-state index contributed by atoms with van der Waals surface area (Å²) < 4.78 is 6.21. The number of rotatable bonds is 5. The van der Waals surface area contributed by atoms with Gasteiger partial charge in [0.15, 0.2) is 0 Å². The zero-order valence-corrected chi connectivity index (χ0v) is 19.7. The van der Waals surface area contributed by atoms with Crippen molar-refractivity contribution in [2.75, 3.05) is 31.1 Å². The van der Waals surface area contributed by atoms with Gasteiger partial charge in [0.05, 0.1) is 0 Å². The van der Waals surface area contributed by atoms with Crippen molar-refractivity contribution >= 4 is 17.3 Å². The Labute approximate surface area is 199 Å². The Morgan fingerprint density at radius 3 is 2.30 bits per heavy atom. The molecule has 0 N–H and O–H groups in total. The quantitative estimate of drug-likeness (QED) is 0.371. The minimum absolute atomic E-state index is 0.0829. The summed E-state index contributed by atoms with van der Waals surface area (Å²) in [6, 6.07) is 24.5. The summed E-state index contributed by atoms with van der Waals surface area (Å²) in [5, 5.41) is 9.49. The minimum Gasteiger partial charge on any atom is -0.419 e. The number of halogens is 1. The lowest BCUT2D eigenvalue weighted by Crippen LogP contribution is -2.48. The van der Waals surface area contributed by atoms with Crippen LogP contribution in [0.2, 0.25) is 5.02 Å². The summed E-state index contributed by atoms with van der Waals surface area (Å²) in [5.74, 6) is 1.13. The van der Waals surface area contributed by atoms with Gasteiger partial charge >= 0.3 is 0 Å². The lowest BCUT2D eigenvalue weighted by molar-refractivity contribution is 0.188. The molecule has 1 aromatic heterocycles. The standard InChI is InChI=1S/C27H27ClN4O/c1-19-8-9-20(2)24(18-19)31-14-16-32(17-15-31)25(21-6-4-3-5-7-21)27-30-29-26(33-27)22-10-12-23(28)13-11-22/h3-13,18,25H,14-17H2,1-2H3/t25-/m0/s1. The van der Waals surface area contributed by atoms with Crippen LogP contribution in [0.5, 0.6) is 0 Å². The van der Waals surface area contributed by atoms with Crippen molar-refractivity contribution in [2.24, 2.45) is 0 Å². The fourth-order valence-electron chi connectivity index (χ4n) is 4.48. The molecule has 1 atom stereocenters. The molecule has 5 nitrogen and oxygen atoms in total. The zero-order valence-electron chi connectivity index (χ0n) is 18.9. The second-order valence-electron chi connectivity index (χ2n) is 8.58. The molecule has 1 fully saturated rings. The van der Waals surface area contributed by atoms with E-state index in [0.29, 0.717) is 16.8 Å². The third kappa shape index (κ3) is 4.65. The molecular weight excluding hydrogens is 432 g/mol. The predicted molar refractivity (Wildman–Crippen MR) is 133 cm³/mol. The molecule has 168 valence electrons. The van der Waals surface area contributed by atoms with Crippen LogP contribution in [-0.2, 0) is 0 Å². The first-order valence-corrected chi connectivity index (χ1v) is 11.7. The SMILES string of the molecule is Cc1ccc(C)c(N2CCN([C@@H](c3ccccc3)c3nnc(-c4ccc(Cl)cc4)o3)CC2)c1. The highest BCUT2D eigenvalue weighted by Crippen LogP contribution is 2.32. The highest BCUT2D eigenvalue weighted by molar-refractivity contribution is 6.30. The van der Waals surface area contributed by atoms with Crippen LogP contribution in [0.1, 0.15) is 28.6 Å². The molecule has 1 aliphatic rings. The van der Waals surface area contributed by atoms with Crippen LogP contribution < -0.4 is 4.90 Å². The normalized spacial score (nSPS) is 15.5. The number of nitrogens with zero attached hydrogens (tertiary/aromatic N) is 4. The van der Waals surface area contributed by atoms with Crippen LogP contribution in [0.4, 0.5) is 5.69 Å². The molecule has 33 heavy (non-hydrogen) atoms. The lowest BCUT2D eigenvalue weighted by Gasteiger charge is -2.39. The lowest BCUT2D eigenvalue weighted by atomic mass is 10.0. The van der Waals surface area contributed by atoms with Crippen LogP contribution in [0, 0.1) is 13.8 Å². The topological polar surface area (TPSA) is 45.4 Å². The fraction of sp³-hybridized carbons (Fsp3) is 0.259. The number of aryl methyl sites for hydroxylation is 2. The summed E-state index contributed by atoms with van der Waals surface area (Å²) in [7, 11) is 0. The van der Waals surface area contributed by atoms with E-state index < -0.39 is 0 Å². The van der Waals surface area contributed by atoms with Gasteiger partial charge < -0.3 is 9.32 Å². The molecule has 5 rings (SSSR count). The van der Waals surface area contributed by atoms with E-state index in [-0.39, 0.29) is 6.04 Å². The molecule has 3 aromatic carbocycles. The summed E-state index contributed by atoms with van der Waals surface area (Å²) >= 11 is 6.03. The monoisotopic (exact) mass is 458 g/mol. The maximum Gasteiger partial charge on any atom is 0.247 e. The number of hydrogen-bond donors (Lipinski definition) is 0. The molecule has 2 heterocycles. The number of aromatic nitrogens is 2. The molecule has 0 amide bonds. The molecule has 0 saturated carbocycles. The van der Waals surface area contributed by atoms with Crippen molar-refractivity contribution in [1.82, 2.24) is 15.1 Å². The molecule has 0 unspecified atom stereocenters. The van der Waals surface area contributed by atoms with Crippen molar-refractivity contribution in [3.05, 3.63) is 100 Å². The molecule has 0 radical (unpaired) electrons. The number of hydrogen-bond acceptors (Lipinski definition) is 5. The van der Waals surface area contributed by atoms with Gasteiger partial charge in [-0.15, -0.1) is 10.2 Å². The first-order chi connectivity index (χ1) is 16.1. The van der Waals surface area contributed by atoms with Crippen molar-refractivity contribution < 1.29 is 4.42 Å². The van der Waals surface area contributed by atoms with Gasteiger partial charge in [0.1, 0.15) is 6.04 Å². The number of piperazine rings is 1. The number of anilines is 1. The van der Waals surface area contributed by atoms with Crippen molar-refractivity contribution in [1.29, 1.82) is 0 Å². The highest BCUT2D eigenvalue weighted by atomic mass is 35.5. The van der Waals surface area contributed by atoms with E-state index in [4.69, 9.17) is 16.0 Å². The van der Waals surface area contributed by atoms with Gasteiger partial charge in [0.25, 0.3) is 0 Å². The van der Waals surface area contributed by atoms with Crippen LogP contribution in [0.25, 0.3) is 11.5 Å². The van der Waals surface area contributed by atoms with E-state index in [1.807, 2.05) is 30.3 Å². The Morgan fingerprint density at radius 2 is 1.58 bits per heavy atom. The van der Waals surface area contributed by atoms with Crippen LogP contribution in [0.3, 0.4) is 0 Å². The first kappa shape index (κ1) is 21.7. The summed E-state index contributed by atoms with van der Waals surface area (Å²) in [4.78, 5) is 4.92. The number of benzene rings is 3. The molecule has 4 aromatic rings. The van der Waals surface area contributed by atoms with Crippen LogP contribution in [-0.4, -0.2) is 41.3 Å². The van der Waals surface area contributed by atoms with E-state index in [1.165, 1.54) is 16.8 Å². The summed E-state index contributed by atoms with van der Waals surface area (Å²) in [6.45, 7) is 8.05. The Bertz CT molecular complexity index is 1210. The van der Waals surface area contributed by atoms with Gasteiger partial charge in [-0.3, -0.25) is 4.90 Å². The van der Waals surface area contributed by atoms with Gasteiger partial charge in [-0.1, -0.05) is 54.1 Å². The van der Waals surface area contributed by atoms with Crippen molar-refractivity contribution in [3.8, 4) is 11.5 Å². The largest absolute Gasteiger partial charge is 0.419 e. The van der Waals surface area contributed by atoms with Crippen LogP contribution >= 0.6 is 11.6 Å². The van der Waals surface area contributed by atoms with E-state index in [9.17, 15) is 0 Å². The van der Waals surface area contributed by atoms with Crippen molar-refractivity contribution in [3.63, 3.8) is 0 Å². The molecule has 1 saturated heterocycles. The van der Waals surface area contributed by atoms with E-state index in [2.05, 4.69) is 76.3 Å². The average molecular weight is 459 g/mol. The Hall–Kier alpha value is -3.15. The second-order valence-corrected chi connectivity index (χ2v) is 9.01. The Morgan fingerprint density at radius 1 is 0.848 bits per heavy atom. The van der Waals surface area contributed by atoms with Crippen LogP contribution in [0.15, 0.2) is 77.2 Å². The summed E-state index contributed by atoms with van der Waals surface area (Å²) in [6.07, 6.45) is 0. The molecule has 0 spiro atoms. The first-order valence-electron chi connectivity index (χ1n) is 11.3. The summed E-state index contributed by atoms with van der Waals surface area (Å²) in [5.41, 5.74) is 5.96. The van der Waals surface area contributed by atoms with Gasteiger partial charge in [-0.05, 0) is 60.9 Å². The second kappa shape index (κ2) is 9.38. The Balaban J connectivity index is 1.41. The predicted octanol–water partition coefficient (Wildman–Crippen LogP) is 5.92. The maximum absolute atomic E-state index is 6.21. The molecule has 6 heteroatoms.